The van der Waals surface area contributed by atoms with Crippen LogP contribution in [0.4, 0.5) is 0 Å². The van der Waals surface area contributed by atoms with E-state index in [1.807, 2.05) is 78.9 Å². The van der Waals surface area contributed by atoms with Crippen LogP contribution >= 0.6 is 0 Å². The van der Waals surface area contributed by atoms with Crippen molar-refractivity contribution in [2.45, 2.75) is 6.92 Å². The van der Waals surface area contributed by atoms with Gasteiger partial charge >= 0.3 is 0 Å². The van der Waals surface area contributed by atoms with Crippen molar-refractivity contribution in [1.29, 1.82) is 0 Å². The Kier molecular flexibility index (Phi) is 5.85. The molecular weight excluding hydrogens is 252 g/mol. The summed E-state index contributed by atoms with van der Waals surface area (Å²) < 4.78 is 0. The quantitative estimate of drug-likeness (QED) is 0.500. The van der Waals surface area contributed by atoms with Crippen LogP contribution in [0.2, 0.25) is 0 Å². The molecule has 0 radical (unpaired) electrons. The van der Waals surface area contributed by atoms with E-state index in [4.69, 9.17) is 0 Å². The van der Waals surface area contributed by atoms with Crippen molar-refractivity contribution >= 4 is 0 Å². The molecule has 3 aromatic carbocycles. The summed E-state index contributed by atoms with van der Waals surface area (Å²) >= 11 is 0. The zero-order valence-corrected chi connectivity index (χ0v) is 12.2. The van der Waals surface area contributed by atoms with E-state index in [0.29, 0.717) is 0 Å². The predicted molar refractivity (Wildman–Crippen MR) is 90.0 cm³/mol. The van der Waals surface area contributed by atoms with Gasteiger partial charge in [-0.1, -0.05) is 84.1 Å². The molecule has 0 amide bonds. The molecule has 3 aromatic rings. The highest BCUT2D eigenvalue weighted by Crippen LogP contribution is 1.98. The second kappa shape index (κ2) is 8.40. The van der Waals surface area contributed by atoms with Crippen molar-refractivity contribution in [3.63, 3.8) is 0 Å². The molecule has 0 unspecified atom stereocenters. The van der Waals surface area contributed by atoms with Gasteiger partial charge in [0.25, 0.3) is 0 Å². The Bertz CT molecular complexity index is 643. The maximum absolute atomic E-state index is 3.11. The number of hydrogen-bond donors (Lipinski definition) is 0. The molecule has 0 aliphatic rings. The number of rotatable bonds is 0. The lowest BCUT2D eigenvalue weighted by molar-refractivity contribution is 1.48. The average Bonchev–Trinajstić information content (AvgIpc) is 2.56. The smallest absolute Gasteiger partial charge is 0.0249 e. The highest BCUT2D eigenvalue weighted by atomic mass is 13.9. The lowest BCUT2D eigenvalue weighted by atomic mass is 10.2. The fourth-order valence-corrected chi connectivity index (χ4v) is 1.72. The first-order valence-electron chi connectivity index (χ1n) is 6.98. The minimum Gasteiger partial charge on any atom is -0.0622 e. The SMILES string of the molecule is C(#Cc1ccccc1)c1ccccc1.Cc1ccccc1. The van der Waals surface area contributed by atoms with Crippen LogP contribution in [0.3, 0.4) is 0 Å². The highest BCUT2D eigenvalue weighted by molar-refractivity contribution is 5.42. The second-order valence-electron chi connectivity index (χ2n) is 4.64. The molecule has 0 spiro atoms. The fourth-order valence-electron chi connectivity index (χ4n) is 1.72. The highest BCUT2D eigenvalue weighted by Gasteiger charge is 1.83. The standard InChI is InChI=1S/C14H10.C7H8/c1-3-7-13(8-4-1)11-12-14-9-5-2-6-10-14;1-7-5-3-2-4-6-7/h1-10H;2-6H,1H3. The summed E-state index contributed by atoms with van der Waals surface area (Å²) in [5.74, 6) is 6.22. The van der Waals surface area contributed by atoms with Gasteiger partial charge in [0.05, 0.1) is 0 Å². The van der Waals surface area contributed by atoms with Crippen molar-refractivity contribution in [2.75, 3.05) is 0 Å². The fraction of sp³-hybridized carbons (Fsp3) is 0.0476. The minimum absolute atomic E-state index is 1.05. The maximum Gasteiger partial charge on any atom is 0.0249 e. The molecule has 0 bridgehead atoms. The molecule has 3 rings (SSSR count). The molecule has 0 saturated heterocycles. The third-order valence-electron chi connectivity index (χ3n) is 2.84. The number of aryl methyl sites for hydroxylation is 1. The molecule has 0 aromatic heterocycles. The Labute approximate surface area is 127 Å². The normalized spacial score (nSPS) is 8.81. The molecule has 0 N–H and O–H groups in total. The Hall–Kier alpha value is -2.78. The summed E-state index contributed by atoms with van der Waals surface area (Å²) in [6, 6.07) is 30.3. The second-order valence-corrected chi connectivity index (χ2v) is 4.64. The van der Waals surface area contributed by atoms with Crippen LogP contribution in [0.5, 0.6) is 0 Å². The third-order valence-corrected chi connectivity index (χ3v) is 2.84. The lowest BCUT2D eigenvalue weighted by Gasteiger charge is -1.88. The molecular formula is C21H18. The molecule has 0 aliphatic carbocycles. The van der Waals surface area contributed by atoms with Crippen molar-refractivity contribution in [1.82, 2.24) is 0 Å². The van der Waals surface area contributed by atoms with E-state index in [1.165, 1.54) is 5.56 Å². The van der Waals surface area contributed by atoms with Gasteiger partial charge < -0.3 is 0 Å². The van der Waals surface area contributed by atoms with Crippen LogP contribution in [0.15, 0.2) is 91.0 Å². The van der Waals surface area contributed by atoms with Gasteiger partial charge in [0.1, 0.15) is 0 Å². The van der Waals surface area contributed by atoms with Crippen molar-refractivity contribution in [2.24, 2.45) is 0 Å². The third kappa shape index (κ3) is 5.80. The van der Waals surface area contributed by atoms with E-state index >= 15 is 0 Å². The van der Waals surface area contributed by atoms with E-state index in [2.05, 4.69) is 30.9 Å². The molecule has 0 heterocycles. The van der Waals surface area contributed by atoms with E-state index in [0.717, 1.165) is 11.1 Å². The lowest BCUT2D eigenvalue weighted by Crippen LogP contribution is -1.73. The molecule has 0 saturated carbocycles. The topological polar surface area (TPSA) is 0 Å². The van der Waals surface area contributed by atoms with E-state index in [1.54, 1.807) is 0 Å². The minimum atomic E-state index is 1.05. The van der Waals surface area contributed by atoms with Crippen molar-refractivity contribution in [3.05, 3.63) is 108 Å². The first-order chi connectivity index (χ1) is 10.3. The molecule has 102 valence electrons. The first kappa shape index (κ1) is 14.6. The van der Waals surface area contributed by atoms with Crippen LogP contribution in [-0.4, -0.2) is 0 Å². The van der Waals surface area contributed by atoms with Gasteiger partial charge in [0, 0.05) is 11.1 Å². The molecule has 0 heteroatoms. The summed E-state index contributed by atoms with van der Waals surface area (Å²) in [4.78, 5) is 0. The van der Waals surface area contributed by atoms with Crippen LogP contribution in [0.1, 0.15) is 16.7 Å². The summed E-state index contributed by atoms with van der Waals surface area (Å²) in [6.07, 6.45) is 0. The molecule has 0 atom stereocenters. The molecule has 0 aliphatic heterocycles. The summed E-state index contributed by atoms with van der Waals surface area (Å²) in [5.41, 5.74) is 3.43. The molecule has 0 nitrogen and oxygen atoms in total. The van der Waals surface area contributed by atoms with Gasteiger partial charge in [-0.3, -0.25) is 0 Å². The van der Waals surface area contributed by atoms with Crippen LogP contribution < -0.4 is 0 Å². The van der Waals surface area contributed by atoms with Gasteiger partial charge in [-0.05, 0) is 31.2 Å². The largest absolute Gasteiger partial charge is 0.0622 e. The Balaban J connectivity index is 0.000000194. The number of hydrogen-bond acceptors (Lipinski definition) is 0. The molecule has 21 heavy (non-hydrogen) atoms. The van der Waals surface area contributed by atoms with Gasteiger partial charge in [-0.2, -0.15) is 0 Å². The number of benzene rings is 3. The van der Waals surface area contributed by atoms with Gasteiger partial charge in [0.15, 0.2) is 0 Å². The van der Waals surface area contributed by atoms with E-state index in [9.17, 15) is 0 Å². The average molecular weight is 270 g/mol. The van der Waals surface area contributed by atoms with Crippen LogP contribution in [0, 0.1) is 18.8 Å². The maximum atomic E-state index is 3.11. The summed E-state index contributed by atoms with van der Waals surface area (Å²) in [5, 5.41) is 0. The van der Waals surface area contributed by atoms with Gasteiger partial charge in [0.2, 0.25) is 0 Å². The van der Waals surface area contributed by atoms with E-state index < -0.39 is 0 Å². The van der Waals surface area contributed by atoms with Crippen molar-refractivity contribution in [3.8, 4) is 11.8 Å². The van der Waals surface area contributed by atoms with Crippen LogP contribution in [0.25, 0.3) is 0 Å². The molecule has 0 fully saturated rings. The Morgan fingerprint density at radius 1 is 0.476 bits per heavy atom. The van der Waals surface area contributed by atoms with Crippen LogP contribution in [-0.2, 0) is 0 Å². The van der Waals surface area contributed by atoms with Gasteiger partial charge in [-0.15, -0.1) is 0 Å². The zero-order valence-electron chi connectivity index (χ0n) is 12.2. The van der Waals surface area contributed by atoms with E-state index in [-0.39, 0.29) is 0 Å². The Morgan fingerprint density at radius 2 is 0.810 bits per heavy atom. The summed E-state index contributed by atoms with van der Waals surface area (Å²) in [6.45, 7) is 2.08. The first-order valence-corrected chi connectivity index (χ1v) is 6.98. The summed E-state index contributed by atoms with van der Waals surface area (Å²) in [7, 11) is 0. The predicted octanol–water partition coefficient (Wildman–Crippen LogP) is 5.08. The zero-order chi connectivity index (χ0) is 14.8. The van der Waals surface area contributed by atoms with Crippen molar-refractivity contribution < 1.29 is 0 Å². The van der Waals surface area contributed by atoms with Gasteiger partial charge in [-0.25, -0.2) is 0 Å². The monoisotopic (exact) mass is 270 g/mol. The Morgan fingerprint density at radius 3 is 1.10 bits per heavy atom.